The molecule has 7 rings (SSSR count). The predicted molar refractivity (Wildman–Crippen MR) is 163 cm³/mol. The maximum atomic E-state index is 14.2. The van der Waals surface area contributed by atoms with E-state index >= 15 is 0 Å². The standard InChI is InChI=1S/C34H41N3O7/c1-18-14-23(38)28-24(41-18)17-25-27(29(28)39)22-8-3-4-11-34(26(44-34)16-19-6-5-7-20(15-19)31(35)36)32(40)42-30(22)33(2,43-25)21-9-12-37-13-10-21/h5-7,14-15,17,21-22,26,30-31,37,39H,3-4,8-13,16,35-36H2,1-2H3. The van der Waals surface area contributed by atoms with Gasteiger partial charge in [0.25, 0.3) is 0 Å². The fraction of sp³-hybridized carbons (Fsp3) is 0.529. The zero-order valence-corrected chi connectivity index (χ0v) is 25.3. The summed E-state index contributed by atoms with van der Waals surface area (Å²) in [6.45, 7) is 5.40. The first-order valence-corrected chi connectivity index (χ1v) is 15.8. The van der Waals surface area contributed by atoms with E-state index in [9.17, 15) is 14.7 Å². The number of nitrogens with one attached hydrogen (secondary N) is 1. The monoisotopic (exact) mass is 603 g/mol. The second kappa shape index (κ2) is 10.9. The van der Waals surface area contributed by atoms with E-state index in [0.717, 1.165) is 49.9 Å². The van der Waals surface area contributed by atoms with E-state index in [1.54, 1.807) is 13.0 Å². The molecule has 5 unspecified atom stereocenters. The van der Waals surface area contributed by atoms with Gasteiger partial charge in [0.05, 0.1) is 6.17 Å². The Balaban J connectivity index is 1.27. The molecule has 3 aromatic rings. The van der Waals surface area contributed by atoms with Crippen LogP contribution in [-0.2, 0) is 20.7 Å². The highest BCUT2D eigenvalue weighted by Gasteiger charge is 2.65. The fourth-order valence-electron chi connectivity index (χ4n) is 7.95. The van der Waals surface area contributed by atoms with Crippen LogP contribution < -0.4 is 26.9 Å². The molecule has 0 bridgehead atoms. The Bertz CT molecular complexity index is 1660. The van der Waals surface area contributed by atoms with Crippen LogP contribution in [0.3, 0.4) is 0 Å². The number of aryl methyl sites for hydroxylation is 1. The molecule has 234 valence electrons. The third-order valence-corrected chi connectivity index (χ3v) is 10.4. The van der Waals surface area contributed by atoms with Gasteiger partial charge in [-0.3, -0.25) is 4.79 Å². The SMILES string of the molecule is Cc1cc(=O)c2c(O)c3c(cc2o1)OC(C)(C1CCNCC1)C1OC(=O)C2(CCCCC31)OC2Cc1cccc(C(N)N)c1. The Morgan fingerprint density at radius 2 is 1.89 bits per heavy atom. The van der Waals surface area contributed by atoms with Gasteiger partial charge in [0.2, 0.25) is 0 Å². The van der Waals surface area contributed by atoms with E-state index in [0.29, 0.717) is 36.3 Å². The van der Waals surface area contributed by atoms with E-state index in [1.165, 1.54) is 6.07 Å². The first-order chi connectivity index (χ1) is 21.1. The van der Waals surface area contributed by atoms with Crippen molar-refractivity contribution in [2.75, 3.05) is 13.1 Å². The molecule has 0 amide bonds. The number of phenols is 1. The molecule has 10 heteroatoms. The smallest absolute Gasteiger partial charge is 0.341 e. The summed E-state index contributed by atoms with van der Waals surface area (Å²) in [7, 11) is 0. The lowest BCUT2D eigenvalue weighted by Crippen LogP contribution is -2.59. The van der Waals surface area contributed by atoms with Gasteiger partial charge in [-0.1, -0.05) is 30.7 Å². The van der Waals surface area contributed by atoms with Crippen LogP contribution in [0.5, 0.6) is 11.5 Å². The number of nitrogens with two attached hydrogens (primary N) is 2. The van der Waals surface area contributed by atoms with Crippen LogP contribution in [0.25, 0.3) is 11.0 Å². The molecular weight excluding hydrogens is 562 g/mol. The molecule has 44 heavy (non-hydrogen) atoms. The number of benzene rings is 2. The Hall–Kier alpha value is -3.44. The van der Waals surface area contributed by atoms with Crippen molar-refractivity contribution in [2.45, 2.75) is 94.3 Å². The normalized spacial score (nSPS) is 30.6. The molecule has 4 aliphatic heterocycles. The quantitative estimate of drug-likeness (QED) is 0.196. The van der Waals surface area contributed by atoms with Gasteiger partial charge in [0.15, 0.2) is 11.0 Å². The summed E-state index contributed by atoms with van der Waals surface area (Å²) < 4.78 is 25.5. The van der Waals surface area contributed by atoms with Gasteiger partial charge >= 0.3 is 5.97 Å². The number of hydrogen-bond donors (Lipinski definition) is 4. The average molecular weight is 604 g/mol. The predicted octanol–water partition coefficient (Wildman–Crippen LogP) is 3.82. The van der Waals surface area contributed by atoms with Crippen LogP contribution in [0.4, 0.5) is 0 Å². The number of carbonyl (C=O) groups is 1. The van der Waals surface area contributed by atoms with Crippen molar-refractivity contribution in [1.82, 2.24) is 5.32 Å². The summed E-state index contributed by atoms with van der Waals surface area (Å²) >= 11 is 0. The highest BCUT2D eigenvalue weighted by Crippen LogP contribution is 2.55. The van der Waals surface area contributed by atoms with Crippen LogP contribution in [0.15, 0.2) is 45.6 Å². The van der Waals surface area contributed by atoms with Gasteiger partial charge in [-0.2, -0.15) is 0 Å². The summed E-state index contributed by atoms with van der Waals surface area (Å²) in [4.78, 5) is 27.2. The minimum Gasteiger partial charge on any atom is -0.507 e. The van der Waals surface area contributed by atoms with Crippen molar-refractivity contribution < 1.29 is 28.5 Å². The lowest BCUT2D eigenvalue weighted by Gasteiger charge is -2.50. The lowest BCUT2D eigenvalue weighted by atomic mass is 9.69. The third-order valence-electron chi connectivity index (χ3n) is 10.4. The molecule has 3 saturated heterocycles. The maximum Gasteiger partial charge on any atom is 0.341 e. The molecule has 3 fully saturated rings. The van der Waals surface area contributed by atoms with Crippen molar-refractivity contribution in [2.24, 2.45) is 17.4 Å². The molecular formula is C34H41N3O7. The molecule has 5 atom stereocenters. The van der Waals surface area contributed by atoms with Gasteiger partial charge in [-0.05, 0) is 70.2 Å². The zero-order chi connectivity index (χ0) is 30.8. The Labute approximate surface area is 256 Å². The van der Waals surface area contributed by atoms with Gasteiger partial charge in [0.1, 0.15) is 46.0 Å². The summed E-state index contributed by atoms with van der Waals surface area (Å²) in [5, 5.41) is 15.2. The molecule has 2 aromatic carbocycles. The van der Waals surface area contributed by atoms with Crippen LogP contribution in [-0.4, -0.2) is 47.6 Å². The highest BCUT2D eigenvalue weighted by molar-refractivity contribution is 5.88. The molecule has 5 heterocycles. The average Bonchev–Trinajstić information content (AvgIpc) is 3.68. The minimum absolute atomic E-state index is 0.0930. The summed E-state index contributed by atoms with van der Waals surface area (Å²) in [6, 6.07) is 10.9. The zero-order valence-electron chi connectivity index (χ0n) is 25.3. The number of aromatic hydroxyl groups is 1. The molecule has 4 aliphatic rings. The molecule has 0 saturated carbocycles. The Kier molecular flexibility index (Phi) is 7.23. The number of fused-ring (bicyclic) bond motifs is 4. The number of rotatable bonds is 4. The van der Waals surface area contributed by atoms with Gasteiger partial charge in [-0.25, -0.2) is 4.79 Å². The molecule has 0 radical (unpaired) electrons. The van der Waals surface area contributed by atoms with E-state index in [2.05, 4.69) is 5.32 Å². The number of esters is 1. The first kappa shape index (κ1) is 29.3. The van der Waals surface area contributed by atoms with E-state index in [1.807, 2.05) is 31.2 Å². The van der Waals surface area contributed by atoms with E-state index < -0.39 is 29.4 Å². The summed E-state index contributed by atoms with van der Waals surface area (Å²) in [5.74, 6) is 0.105. The molecule has 6 N–H and O–H groups in total. The summed E-state index contributed by atoms with van der Waals surface area (Å²) in [6.07, 6.45) is 3.37. The Morgan fingerprint density at radius 1 is 1.09 bits per heavy atom. The number of phenolic OH excluding ortho intramolecular Hbond substituents is 1. The minimum atomic E-state index is -1.05. The highest BCUT2D eigenvalue weighted by atomic mass is 16.7. The topological polar surface area (TPSA) is 163 Å². The third kappa shape index (κ3) is 4.79. The van der Waals surface area contributed by atoms with Crippen LogP contribution in [0.2, 0.25) is 0 Å². The first-order valence-electron chi connectivity index (χ1n) is 15.8. The summed E-state index contributed by atoms with van der Waals surface area (Å²) in [5.41, 5.74) is 12.2. The van der Waals surface area contributed by atoms with Crippen molar-refractivity contribution in [3.63, 3.8) is 0 Å². The second-order valence-electron chi connectivity index (χ2n) is 13.2. The van der Waals surface area contributed by atoms with Crippen LogP contribution >= 0.6 is 0 Å². The number of epoxide rings is 1. The number of carbonyl (C=O) groups excluding carboxylic acids is 1. The fourth-order valence-corrected chi connectivity index (χ4v) is 7.95. The van der Waals surface area contributed by atoms with Crippen molar-refractivity contribution in [3.8, 4) is 11.5 Å². The number of ether oxygens (including phenoxy) is 3. The largest absolute Gasteiger partial charge is 0.507 e. The maximum absolute atomic E-state index is 14.2. The number of hydrogen-bond acceptors (Lipinski definition) is 10. The van der Waals surface area contributed by atoms with E-state index in [-0.39, 0.29) is 40.1 Å². The van der Waals surface area contributed by atoms with E-state index in [4.69, 9.17) is 30.1 Å². The molecule has 0 aliphatic carbocycles. The van der Waals surface area contributed by atoms with Crippen molar-refractivity contribution in [3.05, 3.63) is 69.1 Å². The second-order valence-corrected chi connectivity index (χ2v) is 13.2. The molecule has 1 spiro atoms. The van der Waals surface area contributed by atoms with Gasteiger partial charge in [-0.15, -0.1) is 0 Å². The molecule has 1 aromatic heterocycles. The molecule has 10 nitrogen and oxygen atoms in total. The van der Waals surface area contributed by atoms with Crippen LogP contribution in [0.1, 0.15) is 80.0 Å². The lowest BCUT2D eigenvalue weighted by molar-refractivity contribution is -0.180. The number of piperidine rings is 1. The van der Waals surface area contributed by atoms with Crippen LogP contribution in [0, 0.1) is 12.8 Å². The van der Waals surface area contributed by atoms with Crippen molar-refractivity contribution >= 4 is 16.9 Å². The Morgan fingerprint density at radius 3 is 2.66 bits per heavy atom. The van der Waals surface area contributed by atoms with Gasteiger partial charge in [0, 0.05) is 36.0 Å². The van der Waals surface area contributed by atoms with Gasteiger partial charge < -0.3 is 40.5 Å². The van der Waals surface area contributed by atoms with Crippen molar-refractivity contribution in [1.29, 1.82) is 0 Å².